The van der Waals surface area contributed by atoms with Gasteiger partial charge in [-0.25, -0.2) is 0 Å². The summed E-state index contributed by atoms with van der Waals surface area (Å²) in [7, 11) is -1.29. The first kappa shape index (κ1) is 9.54. The van der Waals surface area contributed by atoms with Crippen molar-refractivity contribution < 1.29 is 4.42 Å². The minimum absolute atomic E-state index is 0.789. The molecule has 0 saturated carbocycles. The molecule has 1 aromatic rings. The third-order valence-corrected chi connectivity index (χ3v) is 5.42. The summed E-state index contributed by atoms with van der Waals surface area (Å²) in [4.78, 5) is 0. The number of hydrogen-bond acceptors (Lipinski definition) is 2. The summed E-state index contributed by atoms with van der Waals surface area (Å²) in [6.45, 7) is 5.43. The lowest BCUT2D eigenvalue weighted by atomic mass is 10.5. The molecule has 0 unspecified atom stereocenters. The van der Waals surface area contributed by atoms with Gasteiger partial charge in [-0.1, -0.05) is 13.1 Å². The second-order valence-corrected chi connectivity index (χ2v) is 8.51. The Kier molecular flexibility index (Phi) is 3.11. The lowest BCUT2D eigenvalue weighted by Crippen LogP contribution is -2.40. The average molecular weight is 183 g/mol. The fourth-order valence-corrected chi connectivity index (χ4v) is 3.60. The van der Waals surface area contributed by atoms with Gasteiger partial charge < -0.3 is 10.2 Å². The first-order valence-electron chi connectivity index (χ1n) is 4.41. The van der Waals surface area contributed by atoms with Crippen LogP contribution in [-0.2, 0) is 0 Å². The average Bonchev–Trinajstić information content (AvgIpc) is 2.53. The lowest BCUT2D eigenvalue weighted by molar-refractivity contribution is 0.596. The summed E-state index contributed by atoms with van der Waals surface area (Å²) >= 11 is 0. The van der Waals surface area contributed by atoms with Crippen LogP contribution in [0.3, 0.4) is 0 Å². The van der Waals surface area contributed by atoms with Crippen molar-refractivity contribution in [2.45, 2.75) is 25.6 Å². The fourth-order valence-electron chi connectivity index (χ4n) is 1.33. The summed E-state index contributed by atoms with van der Waals surface area (Å²) in [5.74, 6) is 0. The maximum absolute atomic E-state index is 5.48. The Morgan fingerprint density at radius 3 is 2.75 bits per heavy atom. The molecule has 0 aliphatic heterocycles. The molecule has 1 heterocycles. The Balaban J connectivity index is 2.59. The van der Waals surface area contributed by atoms with E-state index in [1.54, 1.807) is 6.26 Å². The van der Waals surface area contributed by atoms with Crippen molar-refractivity contribution in [1.29, 1.82) is 0 Å². The molecule has 0 saturated heterocycles. The predicted octanol–water partition coefficient (Wildman–Crippen LogP) is 1.54. The number of rotatable bonds is 4. The highest BCUT2D eigenvalue weighted by Crippen LogP contribution is 2.11. The van der Waals surface area contributed by atoms with Gasteiger partial charge in [0.1, 0.15) is 8.07 Å². The largest absolute Gasteiger partial charge is 0.475 e. The van der Waals surface area contributed by atoms with Crippen molar-refractivity contribution in [3.8, 4) is 0 Å². The zero-order chi connectivity index (χ0) is 9.03. The molecule has 68 valence electrons. The molecule has 0 aliphatic rings. The van der Waals surface area contributed by atoms with Crippen LogP contribution in [-0.4, -0.2) is 14.6 Å². The van der Waals surface area contributed by atoms with Crippen LogP contribution in [0.4, 0.5) is 0 Å². The summed E-state index contributed by atoms with van der Waals surface area (Å²) in [6.07, 6.45) is 2.87. The van der Waals surface area contributed by atoms with Gasteiger partial charge in [-0.05, 0) is 31.1 Å². The molecule has 0 aliphatic carbocycles. The molecule has 0 atom stereocenters. The molecule has 12 heavy (non-hydrogen) atoms. The highest BCUT2D eigenvalue weighted by molar-refractivity contribution is 6.88. The second kappa shape index (κ2) is 3.91. The third-order valence-electron chi connectivity index (χ3n) is 2.19. The van der Waals surface area contributed by atoms with E-state index in [-0.39, 0.29) is 0 Å². The quantitative estimate of drug-likeness (QED) is 0.719. The van der Waals surface area contributed by atoms with Gasteiger partial charge in [-0.15, -0.1) is 0 Å². The first-order valence-corrected chi connectivity index (χ1v) is 7.61. The second-order valence-electron chi connectivity index (χ2n) is 3.75. The molecule has 0 aromatic carbocycles. The van der Waals surface area contributed by atoms with Crippen LogP contribution in [0, 0.1) is 0 Å². The Bertz CT molecular complexity index is 218. The lowest BCUT2D eigenvalue weighted by Gasteiger charge is -2.18. The molecule has 2 nitrogen and oxygen atoms in total. The van der Waals surface area contributed by atoms with E-state index >= 15 is 0 Å². The van der Waals surface area contributed by atoms with Gasteiger partial charge in [-0.3, -0.25) is 0 Å². The molecule has 0 amide bonds. The molecular weight excluding hydrogens is 166 g/mol. The van der Waals surface area contributed by atoms with Crippen molar-refractivity contribution >= 4 is 13.5 Å². The van der Waals surface area contributed by atoms with E-state index in [1.165, 1.54) is 11.4 Å². The van der Waals surface area contributed by atoms with Gasteiger partial charge in [-0.2, -0.15) is 0 Å². The summed E-state index contributed by atoms with van der Waals surface area (Å²) in [5, 5.41) is 1.19. The standard InChI is InChI=1S/C9H17NOSi/c1-12(2,8-4-6-10)9-5-3-7-11-9/h3,5,7H,4,6,8,10H2,1-2H3. The van der Waals surface area contributed by atoms with E-state index in [2.05, 4.69) is 19.2 Å². The topological polar surface area (TPSA) is 39.2 Å². The Labute approximate surface area is 74.8 Å². The van der Waals surface area contributed by atoms with Gasteiger partial charge in [0.2, 0.25) is 0 Å². The highest BCUT2D eigenvalue weighted by atomic mass is 28.3. The number of furan rings is 1. The van der Waals surface area contributed by atoms with E-state index in [0.717, 1.165) is 13.0 Å². The van der Waals surface area contributed by atoms with Crippen LogP contribution in [0.15, 0.2) is 22.8 Å². The minimum Gasteiger partial charge on any atom is -0.475 e. The van der Waals surface area contributed by atoms with Crippen molar-refractivity contribution in [1.82, 2.24) is 0 Å². The SMILES string of the molecule is C[Si](C)(CCCN)c1ccco1. The van der Waals surface area contributed by atoms with Crippen LogP contribution < -0.4 is 11.1 Å². The summed E-state index contributed by atoms with van der Waals surface area (Å²) in [5.41, 5.74) is 5.48. The maximum Gasteiger partial charge on any atom is 0.126 e. The fraction of sp³-hybridized carbons (Fsp3) is 0.556. The molecule has 1 rings (SSSR count). The zero-order valence-electron chi connectivity index (χ0n) is 7.84. The molecule has 3 heteroatoms. The zero-order valence-corrected chi connectivity index (χ0v) is 8.84. The van der Waals surface area contributed by atoms with E-state index < -0.39 is 8.07 Å². The predicted molar refractivity (Wildman–Crippen MR) is 54.3 cm³/mol. The van der Waals surface area contributed by atoms with Crippen LogP contribution in [0.1, 0.15) is 6.42 Å². The van der Waals surface area contributed by atoms with Gasteiger partial charge in [0.05, 0.1) is 11.6 Å². The molecule has 1 aromatic heterocycles. The van der Waals surface area contributed by atoms with Crippen molar-refractivity contribution in [3.63, 3.8) is 0 Å². The van der Waals surface area contributed by atoms with Crippen molar-refractivity contribution in [2.24, 2.45) is 5.73 Å². The maximum atomic E-state index is 5.48. The molecular formula is C9H17NOSi. The van der Waals surface area contributed by atoms with E-state index in [4.69, 9.17) is 10.2 Å². The van der Waals surface area contributed by atoms with Gasteiger partial charge in [0, 0.05) is 0 Å². The summed E-state index contributed by atoms with van der Waals surface area (Å²) in [6, 6.07) is 5.27. The Hall–Kier alpha value is -0.543. The van der Waals surface area contributed by atoms with E-state index in [0.29, 0.717) is 0 Å². The molecule has 0 bridgehead atoms. The van der Waals surface area contributed by atoms with Gasteiger partial charge in [0.25, 0.3) is 0 Å². The van der Waals surface area contributed by atoms with Crippen LogP contribution in [0.25, 0.3) is 0 Å². The highest BCUT2D eigenvalue weighted by Gasteiger charge is 2.25. The van der Waals surface area contributed by atoms with Crippen LogP contribution >= 0.6 is 0 Å². The van der Waals surface area contributed by atoms with Gasteiger partial charge >= 0.3 is 0 Å². The van der Waals surface area contributed by atoms with E-state index in [9.17, 15) is 0 Å². The first-order chi connectivity index (χ1) is 5.67. The Morgan fingerprint density at radius 2 is 2.25 bits per heavy atom. The smallest absolute Gasteiger partial charge is 0.126 e. The van der Waals surface area contributed by atoms with Gasteiger partial charge in [0.15, 0.2) is 0 Å². The van der Waals surface area contributed by atoms with Crippen molar-refractivity contribution in [3.05, 3.63) is 18.4 Å². The minimum atomic E-state index is -1.29. The monoisotopic (exact) mass is 183 g/mol. The van der Waals surface area contributed by atoms with E-state index in [1.807, 2.05) is 6.07 Å². The van der Waals surface area contributed by atoms with Crippen LogP contribution in [0.5, 0.6) is 0 Å². The number of hydrogen-bond donors (Lipinski definition) is 1. The normalized spacial score (nSPS) is 11.9. The van der Waals surface area contributed by atoms with Crippen molar-refractivity contribution in [2.75, 3.05) is 6.54 Å². The number of nitrogens with two attached hydrogens (primary N) is 1. The third kappa shape index (κ3) is 2.22. The molecule has 0 fully saturated rings. The summed E-state index contributed by atoms with van der Waals surface area (Å²) < 4.78 is 5.42. The van der Waals surface area contributed by atoms with Crippen LogP contribution in [0.2, 0.25) is 19.1 Å². The Morgan fingerprint density at radius 1 is 1.50 bits per heavy atom. The molecule has 2 N–H and O–H groups in total. The molecule has 0 radical (unpaired) electrons. The molecule has 0 spiro atoms.